The second-order valence-corrected chi connectivity index (χ2v) is 22.5. The van der Waals surface area contributed by atoms with Crippen molar-refractivity contribution in [1.29, 1.82) is 0 Å². The van der Waals surface area contributed by atoms with Crippen LogP contribution in [0.3, 0.4) is 0 Å². The number of thiazole rings is 1. The number of pyridine rings is 1. The first-order valence-corrected chi connectivity index (χ1v) is 26.7. The first kappa shape index (κ1) is 47.5. The van der Waals surface area contributed by atoms with E-state index in [0.717, 1.165) is 105 Å². The van der Waals surface area contributed by atoms with Crippen molar-refractivity contribution in [2.45, 2.75) is 57.3 Å². The Hall–Kier alpha value is -6.21. The maximum absolute atomic E-state index is 14.5. The smallest absolute Gasteiger partial charge is 0.293 e. The van der Waals surface area contributed by atoms with Crippen molar-refractivity contribution in [3.63, 3.8) is 0 Å². The molecule has 4 aliphatic rings. The molecule has 0 spiro atoms. The summed E-state index contributed by atoms with van der Waals surface area (Å²) in [4.78, 5) is 47.2. The number of piperidine rings is 1. The fourth-order valence-corrected chi connectivity index (χ4v) is 12.0. The monoisotopic (exact) mass is 1000 g/mol. The first-order valence-electron chi connectivity index (χ1n) is 24.0. The number of carbonyl (C=O) groups is 1. The van der Waals surface area contributed by atoms with Gasteiger partial charge in [-0.25, -0.2) is 18.1 Å². The van der Waals surface area contributed by atoms with E-state index in [4.69, 9.17) is 21.3 Å². The lowest BCUT2D eigenvalue weighted by atomic mass is 9.72. The van der Waals surface area contributed by atoms with Gasteiger partial charge in [-0.1, -0.05) is 43.2 Å². The fraction of sp³-hybridized carbons (Fsp3) is 0.392. The summed E-state index contributed by atoms with van der Waals surface area (Å²) in [6.45, 7) is 11.7. The molecule has 0 unspecified atom stereocenters. The molecule has 2 saturated heterocycles. The molecular formula is C51H57ClN10O6S2. The van der Waals surface area contributed by atoms with Crippen molar-refractivity contribution in [2.24, 2.45) is 11.3 Å². The van der Waals surface area contributed by atoms with Gasteiger partial charge in [0.2, 0.25) is 5.88 Å². The van der Waals surface area contributed by atoms with Crippen molar-refractivity contribution >= 4 is 89.0 Å². The third-order valence-electron chi connectivity index (χ3n) is 14.2. The summed E-state index contributed by atoms with van der Waals surface area (Å²) in [6.07, 6.45) is 9.16. The van der Waals surface area contributed by atoms with Crippen LogP contribution in [0.15, 0.2) is 101 Å². The van der Waals surface area contributed by atoms with E-state index in [0.29, 0.717) is 49.0 Å². The lowest BCUT2D eigenvalue weighted by molar-refractivity contribution is -0.384. The minimum Gasteiger partial charge on any atom is -0.476 e. The number of halogens is 1. The SMILES string of the molecule is CC1(C)CCC(CN2CCN(c3ccc(C(=O)NS(=O)(=O)c4ccc(NCC5CCN(c6nccs6)CC5)c([N+](=O)[O-])c4)c(N4CCCOc5nc6[nH]ccc6cc54)c3)CC2)=C(c2ccc(Cl)cc2)C1. The Labute approximate surface area is 416 Å². The highest BCUT2D eigenvalue weighted by molar-refractivity contribution is 7.90. The Kier molecular flexibility index (Phi) is 13.5. The number of sulfonamides is 1. The molecule has 2 fully saturated rings. The zero-order valence-electron chi connectivity index (χ0n) is 39.3. The number of allylic oxidation sites excluding steroid dienone is 1. The Bertz CT molecular complexity index is 3040. The molecule has 10 rings (SSSR count). The number of ether oxygens (including phenoxy) is 1. The normalized spacial score (nSPS) is 18.1. The Morgan fingerprint density at radius 3 is 2.53 bits per heavy atom. The second kappa shape index (κ2) is 19.9. The zero-order chi connectivity index (χ0) is 48.6. The average Bonchev–Trinajstić information content (AvgIpc) is 4.03. The largest absolute Gasteiger partial charge is 0.476 e. The maximum atomic E-state index is 14.5. The molecule has 0 saturated carbocycles. The number of piperazine rings is 1. The molecule has 19 heteroatoms. The highest BCUT2D eigenvalue weighted by Gasteiger charge is 2.32. The van der Waals surface area contributed by atoms with Crippen molar-refractivity contribution in [3.05, 3.63) is 122 Å². The average molecular weight is 1010 g/mol. The summed E-state index contributed by atoms with van der Waals surface area (Å²) in [5, 5.41) is 20.1. The van der Waals surface area contributed by atoms with Crippen LogP contribution in [0.4, 0.5) is 33.6 Å². The number of amides is 1. The van der Waals surface area contributed by atoms with Crippen LogP contribution < -0.4 is 29.5 Å². The van der Waals surface area contributed by atoms with Gasteiger partial charge >= 0.3 is 0 Å². The first-order chi connectivity index (χ1) is 33.8. The molecule has 0 bridgehead atoms. The third kappa shape index (κ3) is 10.3. The number of nitro benzene ring substituents is 1. The van der Waals surface area contributed by atoms with Crippen molar-refractivity contribution in [2.75, 3.05) is 85.5 Å². The van der Waals surface area contributed by atoms with Gasteiger partial charge in [-0.15, -0.1) is 11.3 Å². The topological polar surface area (TPSA) is 182 Å². The predicted octanol–water partition coefficient (Wildman–Crippen LogP) is 9.73. The number of fused-ring (bicyclic) bond motifs is 2. The highest BCUT2D eigenvalue weighted by atomic mass is 35.5. The molecule has 70 heavy (non-hydrogen) atoms. The Morgan fingerprint density at radius 1 is 0.971 bits per heavy atom. The van der Waals surface area contributed by atoms with Crippen LogP contribution in [-0.4, -0.2) is 105 Å². The molecule has 366 valence electrons. The number of rotatable bonds is 13. The van der Waals surface area contributed by atoms with Gasteiger partial charge < -0.3 is 29.7 Å². The van der Waals surface area contributed by atoms with Gasteiger partial charge in [0.15, 0.2) is 5.13 Å². The van der Waals surface area contributed by atoms with Crippen LogP contribution in [0.1, 0.15) is 68.3 Å². The summed E-state index contributed by atoms with van der Waals surface area (Å²) in [5.41, 5.74) is 6.96. The van der Waals surface area contributed by atoms with E-state index in [2.05, 4.69) is 60.7 Å². The number of carbonyl (C=O) groups excluding carboxylic acids is 1. The lowest BCUT2D eigenvalue weighted by Gasteiger charge is -2.39. The minimum absolute atomic E-state index is 0.114. The minimum atomic E-state index is -4.59. The van der Waals surface area contributed by atoms with Gasteiger partial charge in [0.05, 0.1) is 27.7 Å². The summed E-state index contributed by atoms with van der Waals surface area (Å²) >= 11 is 7.88. The van der Waals surface area contributed by atoms with Gasteiger partial charge in [0, 0.05) is 98.8 Å². The van der Waals surface area contributed by atoms with E-state index >= 15 is 0 Å². The van der Waals surface area contributed by atoms with E-state index in [1.807, 2.05) is 46.7 Å². The molecule has 3 aromatic heterocycles. The number of benzene rings is 3. The third-order valence-corrected chi connectivity index (χ3v) is 16.6. The van der Waals surface area contributed by atoms with E-state index in [9.17, 15) is 23.3 Å². The predicted molar refractivity (Wildman–Crippen MR) is 278 cm³/mol. The van der Waals surface area contributed by atoms with Crippen LogP contribution in [0.25, 0.3) is 16.6 Å². The van der Waals surface area contributed by atoms with Gasteiger partial charge in [0.25, 0.3) is 21.6 Å². The number of hydrogen-bond donors (Lipinski definition) is 3. The number of anilines is 5. The zero-order valence-corrected chi connectivity index (χ0v) is 41.7. The molecular weight excluding hydrogens is 948 g/mol. The number of aromatic nitrogens is 3. The molecule has 1 amide bonds. The van der Waals surface area contributed by atoms with Crippen LogP contribution >= 0.6 is 22.9 Å². The lowest BCUT2D eigenvalue weighted by Crippen LogP contribution is -2.47. The molecule has 0 radical (unpaired) electrons. The standard InChI is InChI=1S/C51H57ClN10O6S2/c1-51(2)16-12-37(42(31-51)35-4-6-38(52)7-5-35)33-58-22-24-59(25-23-58)39-8-10-41(44(29-39)61-19-3-26-68-49-46(61)28-36-13-17-53-47(36)56-49)48(63)57-70(66,67)40-9-11-43(45(30-40)62(64)65)55-32-34-14-20-60(21-15-34)50-54-18-27-69-50/h4-11,13,17-18,27-30,34,55H,3,12,14-16,19-26,31-33H2,1-2H3,(H,53,56)(H,57,63). The van der Waals surface area contributed by atoms with E-state index < -0.39 is 31.4 Å². The molecule has 3 N–H and O–H groups in total. The summed E-state index contributed by atoms with van der Waals surface area (Å²) < 4.78 is 36.5. The number of H-pyrrole nitrogens is 1. The second-order valence-electron chi connectivity index (χ2n) is 19.5. The van der Waals surface area contributed by atoms with E-state index in [1.165, 1.54) is 28.8 Å². The number of hydrogen-bond acceptors (Lipinski definition) is 14. The van der Waals surface area contributed by atoms with Gasteiger partial charge in [-0.2, -0.15) is 4.98 Å². The molecule has 3 aliphatic heterocycles. The number of nitro groups is 1. The van der Waals surface area contributed by atoms with Crippen LogP contribution in [0.2, 0.25) is 5.02 Å². The number of nitrogens with one attached hydrogen (secondary N) is 3. The molecule has 3 aromatic carbocycles. The van der Waals surface area contributed by atoms with Gasteiger partial charge in [-0.05, 0) is 116 Å². The fourth-order valence-electron chi connectivity index (χ4n) is 10.2. The maximum Gasteiger partial charge on any atom is 0.293 e. The molecule has 0 atom stereocenters. The Balaban J connectivity index is 0.889. The van der Waals surface area contributed by atoms with Crippen molar-refractivity contribution in [3.8, 4) is 5.88 Å². The molecule has 1 aliphatic carbocycles. The van der Waals surface area contributed by atoms with Crippen LogP contribution in [0.5, 0.6) is 5.88 Å². The van der Waals surface area contributed by atoms with Gasteiger partial charge in [0.1, 0.15) is 17.0 Å². The summed E-state index contributed by atoms with van der Waals surface area (Å²) in [7, 11) is -4.59. The van der Waals surface area contributed by atoms with Crippen molar-refractivity contribution < 1.29 is 22.9 Å². The number of aromatic amines is 1. The quantitative estimate of drug-likeness (QED) is 0.0735. The highest BCUT2D eigenvalue weighted by Crippen LogP contribution is 2.44. The molecule has 6 heterocycles. The van der Waals surface area contributed by atoms with E-state index in [1.54, 1.807) is 29.8 Å². The van der Waals surface area contributed by atoms with Gasteiger partial charge in [-0.3, -0.25) is 19.8 Å². The molecule has 16 nitrogen and oxygen atoms in total. The summed E-state index contributed by atoms with van der Waals surface area (Å²) in [6, 6.07) is 21.3. The number of nitrogens with zero attached hydrogens (tertiary/aromatic N) is 7. The summed E-state index contributed by atoms with van der Waals surface area (Å²) in [5.74, 6) is -0.211. The van der Waals surface area contributed by atoms with Crippen LogP contribution in [0, 0.1) is 21.4 Å². The molecule has 6 aromatic rings. The van der Waals surface area contributed by atoms with Crippen molar-refractivity contribution in [1.82, 2.24) is 24.6 Å². The van der Waals surface area contributed by atoms with Crippen LogP contribution in [-0.2, 0) is 10.0 Å². The van der Waals surface area contributed by atoms with E-state index in [-0.39, 0.29) is 22.6 Å². The Morgan fingerprint density at radius 2 is 1.77 bits per heavy atom.